The van der Waals surface area contributed by atoms with E-state index in [0.717, 1.165) is 40.9 Å². The molecule has 4 rings (SSSR count). The molecule has 0 bridgehead atoms. The van der Waals surface area contributed by atoms with Crippen LogP contribution < -0.4 is 5.73 Å². The number of pyridine rings is 1. The Morgan fingerprint density at radius 2 is 1.78 bits per heavy atom. The van der Waals surface area contributed by atoms with E-state index in [1.807, 2.05) is 47.1 Å². The largest absolute Gasteiger partial charge is 0.337 e. The molecule has 8 heteroatoms. The highest BCUT2D eigenvalue weighted by molar-refractivity contribution is 6.30. The summed E-state index contributed by atoms with van der Waals surface area (Å²) in [7, 11) is 3.85. The minimum atomic E-state index is -0.0919. The molecule has 0 saturated carbocycles. The van der Waals surface area contributed by atoms with Gasteiger partial charge in [-0.1, -0.05) is 41.9 Å². The minimum Gasteiger partial charge on any atom is -0.337 e. The number of carbonyl (C=O) groups excluding carboxylic acids is 1. The summed E-state index contributed by atoms with van der Waals surface area (Å²) in [5.74, 6) is -0.0919. The molecule has 0 atom stereocenters. The van der Waals surface area contributed by atoms with Gasteiger partial charge in [-0.05, 0) is 56.3 Å². The molecule has 0 aliphatic heterocycles. The van der Waals surface area contributed by atoms with E-state index in [9.17, 15) is 4.79 Å². The van der Waals surface area contributed by atoms with Crippen LogP contribution in [-0.2, 0) is 13.1 Å². The number of nitrogens with two attached hydrogens (primary N) is 1. The van der Waals surface area contributed by atoms with Crippen molar-refractivity contribution in [3.8, 4) is 11.3 Å². The van der Waals surface area contributed by atoms with E-state index in [1.165, 1.54) is 0 Å². The maximum absolute atomic E-state index is 13.7. The lowest BCUT2D eigenvalue weighted by atomic mass is 10.0. The Balaban J connectivity index is 1.75. The standard InChI is InChI=1S/C28H33ClN6O/c1-19(2)35-27-25(16-31-35)24(28(36)34(4)18-21-8-6-10-23(29)14-21)15-26(32-27)22-9-5-7-20(13-22)17-33(3)12-11-30/h5-10,13-16,19H,11-12,17-18,30H2,1-4H3. The summed E-state index contributed by atoms with van der Waals surface area (Å²) in [6.07, 6.45) is 1.74. The van der Waals surface area contributed by atoms with Crippen molar-refractivity contribution in [1.82, 2.24) is 24.6 Å². The second-order valence-electron chi connectivity index (χ2n) is 9.49. The van der Waals surface area contributed by atoms with Crippen molar-refractivity contribution in [1.29, 1.82) is 0 Å². The summed E-state index contributed by atoms with van der Waals surface area (Å²) in [6.45, 7) is 6.77. The van der Waals surface area contributed by atoms with Gasteiger partial charge < -0.3 is 15.5 Å². The first-order valence-corrected chi connectivity index (χ1v) is 12.5. The van der Waals surface area contributed by atoms with Crippen LogP contribution in [0.1, 0.15) is 41.4 Å². The average molecular weight is 505 g/mol. The lowest BCUT2D eigenvalue weighted by molar-refractivity contribution is 0.0787. The Labute approximate surface area is 217 Å². The highest BCUT2D eigenvalue weighted by Gasteiger charge is 2.21. The highest BCUT2D eigenvalue weighted by Crippen LogP contribution is 2.28. The van der Waals surface area contributed by atoms with Crippen molar-refractivity contribution in [2.24, 2.45) is 5.73 Å². The molecule has 0 aliphatic carbocycles. The first-order valence-electron chi connectivity index (χ1n) is 12.1. The van der Waals surface area contributed by atoms with Crippen molar-refractivity contribution in [3.63, 3.8) is 0 Å². The average Bonchev–Trinajstić information content (AvgIpc) is 3.28. The van der Waals surface area contributed by atoms with Crippen LogP contribution in [0, 0.1) is 0 Å². The maximum Gasteiger partial charge on any atom is 0.254 e. The Kier molecular flexibility index (Phi) is 8.04. The van der Waals surface area contributed by atoms with Gasteiger partial charge in [0.2, 0.25) is 0 Å². The molecule has 2 aromatic heterocycles. The van der Waals surface area contributed by atoms with E-state index in [4.69, 9.17) is 22.3 Å². The fourth-order valence-corrected chi connectivity index (χ4v) is 4.56. The summed E-state index contributed by atoms with van der Waals surface area (Å²) >= 11 is 6.15. The molecule has 36 heavy (non-hydrogen) atoms. The monoisotopic (exact) mass is 504 g/mol. The number of fused-ring (bicyclic) bond motifs is 1. The molecule has 0 aliphatic rings. The van der Waals surface area contributed by atoms with Crippen molar-refractivity contribution in [2.75, 3.05) is 27.2 Å². The van der Waals surface area contributed by atoms with E-state index < -0.39 is 0 Å². The zero-order valence-corrected chi connectivity index (χ0v) is 22.0. The summed E-state index contributed by atoms with van der Waals surface area (Å²) < 4.78 is 1.87. The van der Waals surface area contributed by atoms with Gasteiger partial charge in [0, 0.05) is 49.9 Å². The highest BCUT2D eigenvalue weighted by atomic mass is 35.5. The number of hydrogen-bond acceptors (Lipinski definition) is 5. The number of aromatic nitrogens is 3. The maximum atomic E-state index is 13.7. The van der Waals surface area contributed by atoms with Crippen LogP contribution in [-0.4, -0.2) is 57.7 Å². The molecule has 7 nitrogen and oxygen atoms in total. The molecule has 1 amide bonds. The summed E-state index contributed by atoms with van der Waals surface area (Å²) in [5.41, 5.74) is 10.8. The third-order valence-electron chi connectivity index (χ3n) is 6.13. The number of nitrogens with zero attached hydrogens (tertiary/aromatic N) is 5. The topological polar surface area (TPSA) is 80.3 Å². The Morgan fingerprint density at radius 1 is 1.06 bits per heavy atom. The van der Waals surface area contributed by atoms with Gasteiger partial charge in [0.05, 0.1) is 22.8 Å². The molecule has 2 aromatic carbocycles. The van der Waals surface area contributed by atoms with Crippen molar-refractivity contribution in [2.45, 2.75) is 33.0 Å². The third kappa shape index (κ3) is 5.75. The Hall–Kier alpha value is -3.26. The van der Waals surface area contributed by atoms with Gasteiger partial charge in [-0.15, -0.1) is 0 Å². The smallest absolute Gasteiger partial charge is 0.254 e. The van der Waals surface area contributed by atoms with Gasteiger partial charge >= 0.3 is 0 Å². The number of rotatable bonds is 9. The summed E-state index contributed by atoms with van der Waals surface area (Å²) in [5, 5.41) is 5.95. The number of benzene rings is 2. The van der Waals surface area contributed by atoms with Crippen LogP contribution >= 0.6 is 11.6 Å². The predicted molar refractivity (Wildman–Crippen MR) is 146 cm³/mol. The molecule has 4 aromatic rings. The van der Waals surface area contributed by atoms with Gasteiger partial charge in [-0.2, -0.15) is 5.10 Å². The number of amides is 1. The number of carbonyl (C=O) groups is 1. The van der Waals surface area contributed by atoms with Crippen LogP contribution in [0.25, 0.3) is 22.3 Å². The molecule has 188 valence electrons. The quantitative estimate of drug-likeness (QED) is 0.347. The van der Waals surface area contributed by atoms with Crippen molar-refractivity contribution < 1.29 is 4.79 Å². The van der Waals surface area contributed by atoms with E-state index in [0.29, 0.717) is 29.3 Å². The van der Waals surface area contributed by atoms with Crippen LogP contribution in [0.2, 0.25) is 5.02 Å². The zero-order valence-electron chi connectivity index (χ0n) is 21.3. The van der Waals surface area contributed by atoms with Gasteiger partial charge in [0.15, 0.2) is 5.65 Å². The van der Waals surface area contributed by atoms with E-state index in [2.05, 4.69) is 43.0 Å². The van der Waals surface area contributed by atoms with E-state index in [-0.39, 0.29) is 11.9 Å². The van der Waals surface area contributed by atoms with E-state index in [1.54, 1.807) is 18.1 Å². The molecule has 0 unspecified atom stereocenters. The normalized spacial score (nSPS) is 11.6. The van der Waals surface area contributed by atoms with Crippen LogP contribution in [0.3, 0.4) is 0 Å². The van der Waals surface area contributed by atoms with Crippen LogP contribution in [0.4, 0.5) is 0 Å². The van der Waals surface area contributed by atoms with Gasteiger partial charge in [0.1, 0.15) is 0 Å². The van der Waals surface area contributed by atoms with Crippen LogP contribution in [0.15, 0.2) is 60.8 Å². The zero-order chi connectivity index (χ0) is 25.8. The van der Waals surface area contributed by atoms with E-state index >= 15 is 0 Å². The molecule has 2 heterocycles. The van der Waals surface area contributed by atoms with Crippen molar-refractivity contribution in [3.05, 3.63) is 82.5 Å². The predicted octanol–water partition coefficient (Wildman–Crippen LogP) is 5.00. The summed E-state index contributed by atoms with van der Waals surface area (Å²) in [4.78, 5) is 22.6. The molecule has 2 N–H and O–H groups in total. The third-order valence-corrected chi connectivity index (χ3v) is 6.36. The minimum absolute atomic E-state index is 0.0919. The molecule has 0 spiro atoms. The fraction of sp³-hybridized carbons (Fsp3) is 0.321. The number of likely N-dealkylation sites (N-methyl/N-ethyl adjacent to an activating group) is 1. The molecular weight excluding hydrogens is 472 g/mol. The number of hydrogen-bond donors (Lipinski definition) is 1. The molecule has 0 fully saturated rings. The molecule has 0 radical (unpaired) electrons. The Bertz CT molecular complexity index is 1370. The first-order chi connectivity index (χ1) is 17.3. The van der Waals surface area contributed by atoms with Crippen LogP contribution in [0.5, 0.6) is 0 Å². The second kappa shape index (κ2) is 11.2. The fourth-order valence-electron chi connectivity index (χ4n) is 4.35. The molecule has 0 saturated heterocycles. The second-order valence-corrected chi connectivity index (χ2v) is 9.93. The lowest BCUT2D eigenvalue weighted by Crippen LogP contribution is -2.26. The van der Waals surface area contributed by atoms with Crippen molar-refractivity contribution >= 4 is 28.5 Å². The lowest BCUT2D eigenvalue weighted by Gasteiger charge is -2.19. The first kappa shape index (κ1) is 25.8. The van der Waals surface area contributed by atoms with Gasteiger partial charge in [0.25, 0.3) is 5.91 Å². The molecular formula is C28H33ClN6O. The van der Waals surface area contributed by atoms with Gasteiger partial charge in [-0.3, -0.25) is 4.79 Å². The number of halogens is 1. The SMILES string of the molecule is CC(C)n1ncc2c(C(=O)N(C)Cc3cccc(Cl)c3)cc(-c3cccc(CN(C)CCN)c3)nc21. The summed E-state index contributed by atoms with van der Waals surface area (Å²) in [6, 6.07) is 17.8. The van der Waals surface area contributed by atoms with Gasteiger partial charge in [-0.25, -0.2) is 9.67 Å². The Morgan fingerprint density at radius 3 is 2.47 bits per heavy atom.